The minimum Gasteiger partial charge on any atom is -0.435 e. The number of nitrogens with one attached hydrogen (secondary N) is 3. The molecule has 13 aliphatic rings. The Balaban J connectivity index is 0.000000112. The van der Waals surface area contributed by atoms with Gasteiger partial charge in [-0.2, -0.15) is 0 Å². The Morgan fingerprint density at radius 1 is 0.396 bits per heavy atom. The molecule has 0 bridgehead atoms. The number of anilines is 9. The van der Waals surface area contributed by atoms with Crippen molar-refractivity contribution < 1.29 is 18.6 Å². The zero-order chi connectivity index (χ0) is 74.0. The molecule has 9 fully saturated rings. The number of fused-ring (bicyclic) bond motifs is 11. The molecule has 3 spiro atoms. The lowest BCUT2D eigenvalue weighted by Gasteiger charge is -2.40. The van der Waals surface area contributed by atoms with E-state index >= 15 is 0 Å². The lowest BCUT2D eigenvalue weighted by atomic mass is 9.65. The van der Waals surface area contributed by atoms with Gasteiger partial charge in [-0.1, -0.05) is 57.8 Å². The van der Waals surface area contributed by atoms with Crippen LogP contribution in [0.1, 0.15) is 176 Å². The average Bonchev–Trinajstić information content (AvgIpc) is 1.62. The molecule has 25 nitrogen and oxygen atoms in total. The summed E-state index contributed by atoms with van der Waals surface area (Å²) in [5, 5.41) is 11.2. The predicted molar refractivity (Wildman–Crippen MR) is 441 cm³/mol. The van der Waals surface area contributed by atoms with Crippen molar-refractivity contribution in [2.45, 2.75) is 189 Å². The van der Waals surface area contributed by atoms with Crippen molar-refractivity contribution in [1.82, 2.24) is 59.6 Å². The van der Waals surface area contributed by atoms with Crippen LogP contribution in [0.4, 0.5) is 63.2 Å². The van der Waals surface area contributed by atoms with Crippen molar-refractivity contribution in [1.29, 1.82) is 0 Å². The summed E-state index contributed by atoms with van der Waals surface area (Å²) in [6.07, 6.45) is 48.0. The molecule has 3 N–H and O–H groups in total. The Hall–Kier alpha value is -8.50. The van der Waals surface area contributed by atoms with Crippen molar-refractivity contribution in [3.05, 3.63) is 102 Å². The molecular weight excluding hydrogens is 1410 g/mol. The number of hydrogen-bond donors (Lipinski definition) is 3. The molecule has 17 heterocycles. The molecule has 8 aromatic rings. The standard InChI is InChI=1S/C29H37N7O.C28H35N7O2.C28H35N7OS/c1-2-8-29(9-3-1)10-11-30-24-18-21-19-32-28(34-27(21)26(24)29)33-25-5-4-23(20-31-25)35-12-6-22(7-13-35)36-14-16-37-17-15-36;2*1-2-8-28(9-3-1)10-11-29-26-24(28)25-22(37-26)19-31-27(33-25)32-23-5-4-21(18-30-23)34-12-6-20(7-13-34)35-14-16-36-17-15-35/h4-5,11,19-20,22H,1-3,6-10,12-18H2,(H,31,32,33,34);2*4-5,11,18-20H,1-3,6-10,12-17H2,(H,30,31,32,33). The molecule has 26 heteroatoms. The number of piperidine rings is 3. The third-order valence-electron chi connectivity index (χ3n) is 26.8. The minimum absolute atomic E-state index is 0.0985. The number of aliphatic imine (C=N–C) groups is 3. The van der Waals surface area contributed by atoms with E-state index in [1.807, 2.05) is 49.3 Å². The van der Waals surface area contributed by atoms with E-state index in [9.17, 15) is 0 Å². The molecule has 21 rings (SSSR count). The number of hydrogen-bond acceptors (Lipinski definition) is 26. The quantitative estimate of drug-likeness (QED) is 0.103. The normalized spacial score (nSPS) is 22.9. The van der Waals surface area contributed by atoms with Gasteiger partial charge in [-0.3, -0.25) is 19.7 Å². The molecule has 111 heavy (non-hydrogen) atoms. The van der Waals surface area contributed by atoms with Crippen molar-refractivity contribution in [2.75, 3.05) is 149 Å². The average molecular weight is 1520 g/mol. The number of allylic oxidation sites excluding steroid dienone is 2. The summed E-state index contributed by atoms with van der Waals surface area (Å²) >= 11 is 1.73. The maximum Gasteiger partial charge on any atom is 0.229 e. The molecule has 9 aliphatic heterocycles. The molecule has 8 aromatic heterocycles. The predicted octanol–water partition coefficient (Wildman–Crippen LogP) is 15.0. The Morgan fingerprint density at radius 3 is 1.31 bits per heavy atom. The second kappa shape index (κ2) is 32.5. The second-order valence-corrected chi connectivity index (χ2v) is 34.2. The lowest BCUT2D eigenvalue weighted by molar-refractivity contribution is 0.0115. The van der Waals surface area contributed by atoms with Gasteiger partial charge in [0.15, 0.2) is 5.58 Å². The van der Waals surface area contributed by atoms with Gasteiger partial charge >= 0.3 is 0 Å². The largest absolute Gasteiger partial charge is 0.435 e. The van der Waals surface area contributed by atoms with Crippen molar-refractivity contribution in [2.24, 2.45) is 20.4 Å². The van der Waals surface area contributed by atoms with E-state index in [2.05, 4.69) is 107 Å². The molecule has 582 valence electrons. The zero-order valence-electron chi connectivity index (χ0n) is 64.4. The second-order valence-electron chi connectivity index (χ2n) is 33.2. The number of aromatic nitrogens is 9. The van der Waals surface area contributed by atoms with Crippen LogP contribution >= 0.6 is 11.3 Å². The highest BCUT2D eigenvalue weighted by Crippen LogP contribution is 2.57. The SMILES string of the molecule is C1=NC2=C(c3nc(Nc4ccc(N5CCC(N6CCOCC6)CC5)cn4)ncc3C2)C2(C1)CCCCC2.C1=Nc2oc3cnc(Nc4ccc(N5CCC(N6CCOCC6)CC5)cn4)nc3c2C2(C1)CCCCC2.C1=Nc2sc3cnc(Nc4ccc(N5CCC(N6CCOCC6)CC5)cn4)nc3c2C2(C1)CCCCC2. The monoisotopic (exact) mass is 1520 g/mol. The van der Waals surface area contributed by atoms with Crippen LogP contribution in [0.25, 0.3) is 26.9 Å². The Labute approximate surface area is 655 Å². The van der Waals surface area contributed by atoms with Crippen LogP contribution in [0.2, 0.25) is 0 Å². The molecule has 4 aliphatic carbocycles. The fraction of sp³-hybridized carbons (Fsp3) is 0.576. The number of thiophene rings is 1. The number of furan rings is 1. The van der Waals surface area contributed by atoms with Crippen molar-refractivity contribution >= 4 is 120 Å². The maximum atomic E-state index is 6.07. The van der Waals surface area contributed by atoms with Crippen LogP contribution in [0.3, 0.4) is 0 Å². The van der Waals surface area contributed by atoms with E-state index in [-0.39, 0.29) is 16.2 Å². The Kier molecular flexibility index (Phi) is 21.3. The smallest absolute Gasteiger partial charge is 0.229 e. The fourth-order valence-electron chi connectivity index (χ4n) is 20.8. The molecule has 0 atom stereocenters. The molecule has 0 unspecified atom stereocenters. The maximum absolute atomic E-state index is 6.07. The highest BCUT2D eigenvalue weighted by molar-refractivity contribution is 7.22. The number of rotatable bonds is 12. The number of pyridine rings is 3. The number of morpholine rings is 3. The molecule has 3 saturated carbocycles. The first kappa shape index (κ1) is 72.7. The van der Waals surface area contributed by atoms with E-state index in [1.165, 1.54) is 180 Å². The lowest BCUT2D eigenvalue weighted by Crippen LogP contribution is -2.49. The van der Waals surface area contributed by atoms with Gasteiger partial charge in [-0.15, -0.1) is 11.3 Å². The van der Waals surface area contributed by atoms with E-state index in [0.717, 1.165) is 194 Å². The van der Waals surface area contributed by atoms with Crippen LogP contribution in [0.15, 0.2) is 98.7 Å². The molecular formula is C85H107N21O4S. The summed E-state index contributed by atoms with van der Waals surface area (Å²) in [6.45, 7) is 18.1. The zero-order valence-corrected chi connectivity index (χ0v) is 65.2. The van der Waals surface area contributed by atoms with Crippen LogP contribution in [-0.4, -0.2) is 215 Å². The Bertz CT molecular complexity index is 4460. The third kappa shape index (κ3) is 15.4. The summed E-state index contributed by atoms with van der Waals surface area (Å²) < 4.78 is 23.8. The first-order valence-corrected chi connectivity index (χ1v) is 42.8. The molecule has 6 saturated heterocycles. The van der Waals surface area contributed by atoms with Gasteiger partial charge in [-0.25, -0.2) is 54.8 Å². The van der Waals surface area contributed by atoms with Gasteiger partial charge in [0.1, 0.15) is 28.0 Å². The summed E-state index contributed by atoms with van der Waals surface area (Å²) in [6, 6.07) is 14.7. The van der Waals surface area contributed by atoms with E-state index in [4.69, 9.17) is 53.5 Å². The molecule has 0 aromatic carbocycles. The van der Waals surface area contributed by atoms with Gasteiger partial charge in [-0.05, 0) is 133 Å². The Morgan fingerprint density at radius 2 is 0.820 bits per heavy atom. The van der Waals surface area contributed by atoms with Crippen LogP contribution < -0.4 is 30.7 Å². The van der Waals surface area contributed by atoms with Crippen molar-refractivity contribution in [3.63, 3.8) is 0 Å². The fourth-order valence-corrected chi connectivity index (χ4v) is 21.9. The summed E-state index contributed by atoms with van der Waals surface area (Å²) in [5.74, 6) is 4.81. The highest BCUT2D eigenvalue weighted by atomic mass is 32.1. The van der Waals surface area contributed by atoms with Gasteiger partial charge in [0.05, 0.1) is 115 Å². The van der Waals surface area contributed by atoms with Crippen LogP contribution in [0.5, 0.6) is 0 Å². The van der Waals surface area contributed by atoms with Crippen molar-refractivity contribution in [3.8, 4) is 0 Å². The van der Waals surface area contributed by atoms with E-state index < -0.39 is 0 Å². The third-order valence-corrected chi connectivity index (χ3v) is 27.9. The molecule has 0 amide bonds. The van der Waals surface area contributed by atoms with Gasteiger partial charge in [0.2, 0.25) is 23.7 Å². The summed E-state index contributed by atoms with van der Waals surface area (Å²) in [7, 11) is 0. The minimum atomic E-state index is 0.0985. The van der Waals surface area contributed by atoms with Crippen LogP contribution in [-0.2, 0) is 31.5 Å². The molecule has 0 radical (unpaired) electrons. The summed E-state index contributed by atoms with van der Waals surface area (Å²) in [5.41, 5.74) is 14.2. The first-order chi connectivity index (χ1) is 54.8. The van der Waals surface area contributed by atoms with Crippen LogP contribution in [0, 0.1) is 5.41 Å². The van der Waals surface area contributed by atoms with Gasteiger partial charge in [0.25, 0.3) is 0 Å². The van der Waals surface area contributed by atoms with E-state index in [1.54, 1.807) is 17.5 Å². The van der Waals surface area contributed by atoms with Gasteiger partial charge in [0, 0.05) is 161 Å². The highest BCUT2D eigenvalue weighted by Gasteiger charge is 2.46. The summed E-state index contributed by atoms with van der Waals surface area (Å²) in [4.78, 5) is 72.1. The van der Waals surface area contributed by atoms with Gasteiger partial charge < -0.3 is 49.3 Å². The number of ether oxygens (including phenoxy) is 3. The first-order valence-electron chi connectivity index (χ1n) is 42.0. The van der Waals surface area contributed by atoms with E-state index in [0.29, 0.717) is 41.6 Å². The number of nitrogens with zero attached hydrogens (tertiary/aromatic N) is 18. The topological polar surface area (TPSA) is 249 Å².